The van der Waals surface area contributed by atoms with Crippen LogP contribution in [-0.4, -0.2) is 62.0 Å². The average Bonchev–Trinajstić information content (AvgIpc) is 3.59. The van der Waals surface area contributed by atoms with Gasteiger partial charge in [0.15, 0.2) is 0 Å². The average molecular weight is 503 g/mol. The Bertz CT molecular complexity index is 1590. The van der Waals surface area contributed by atoms with Crippen molar-refractivity contribution in [3.8, 4) is 28.3 Å². The standard InChI is InChI=1S/C30H30N8/c1-22(23-6-4-3-5-7-23)19-36-10-12-37(13-11-36)29-9-8-24(16-32-29)28-14-25(27-18-33-35(2)20-27)21-38-30(28)26(15-31)17-34-38/h3-9,14,16-18,20-22H,10-13,19H2,1-2H3. The maximum Gasteiger partial charge on any atom is 0.128 e. The van der Waals surface area contributed by atoms with Gasteiger partial charge in [0, 0.05) is 80.6 Å². The zero-order chi connectivity index (χ0) is 26.1. The molecule has 0 saturated carbocycles. The van der Waals surface area contributed by atoms with E-state index in [1.54, 1.807) is 15.4 Å². The summed E-state index contributed by atoms with van der Waals surface area (Å²) >= 11 is 0. The Labute approximate surface area is 222 Å². The van der Waals surface area contributed by atoms with E-state index >= 15 is 0 Å². The van der Waals surface area contributed by atoms with Crippen molar-refractivity contribution >= 4 is 11.3 Å². The van der Waals surface area contributed by atoms with E-state index in [0.29, 0.717) is 11.5 Å². The molecule has 0 amide bonds. The van der Waals surface area contributed by atoms with Crippen molar-refractivity contribution in [1.29, 1.82) is 5.26 Å². The van der Waals surface area contributed by atoms with Crippen molar-refractivity contribution in [3.63, 3.8) is 0 Å². The van der Waals surface area contributed by atoms with Gasteiger partial charge < -0.3 is 4.90 Å². The molecular weight excluding hydrogens is 472 g/mol. The number of fused-ring (bicyclic) bond motifs is 1. The Balaban J connectivity index is 1.20. The molecule has 0 bridgehead atoms. The van der Waals surface area contributed by atoms with E-state index in [1.807, 2.05) is 31.8 Å². The summed E-state index contributed by atoms with van der Waals surface area (Å²) in [5, 5.41) is 18.4. The van der Waals surface area contributed by atoms with E-state index in [2.05, 4.69) is 81.5 Å². The maximum absolute atomic E-state index is 9.70. The van der Waals surface area contributed by atoms with Gasteiger partial charge in [0.2, 0.25) is 0 Å². The first kappa shape index (κ1) is 23.9. The highest BCUT2D eigenvalue weighted by Gasteiger charge is 2.21. The maximum atomic E-state index is 9.70. The van der Waals surface area contributed by atoms with Crippen molar-refractivity contribution in [1.82, 2.24) is 29.3 Å². The Morgan fingerprint density at radius 3 is 2.39 bits per heavy atom. The molecule has 5 heterocycles. The van der Waals surface area contributed by atoms with Crippen molar-refractivity contribution in [2.75, 3.05) is 37.6 Å². The lowest BCUT2D eigenvalue weighted by Gasteiger charge is -2.36. The smallest absolute Gasteiger partial charge is 0.128 e. The highest BCUT2D eigenvalue weighted by molar-refractivity contribution is 5.87. The molecule has 190 valence electrons. The highest BCUT2D eigenvalue weighted by atomic mass is 15.3. The number of benzene rings is 1. The van der Waals surface area contributed by atoms with Crippen LogP contribution in [0.15, 0.2) is 79.5 Å². The summed E-state index contributed by atoms with van der Waals surface area (Å²) in [6.45, 7) is 7.33. The van der Waals surface area contributed by atoms with Gasteiger partial charge in [-0.2, -0.15) is 15.5 Å². The Morgan fingerprint density at radius 2 is 1.71 bits per heavy atom. The molecule has 0 aliphatic carbocycles. The van der Waals surface area contributed by atoms with E-state index in [4.69, 9.17) is 4.98 Å². The number of nitrogens with zero attached hydrogens (tertiary/aromatic N) is 8. The number of nitriles is 1. The van der Waals surface area contributed by atoms with Crippen LogP contribution in [0.5, 0.6) is 0 Å². The van der Waals surface area contributed by atoms with Gasteiger partial charge in [-0.3, -0.25) is 9.58 Å². The third-order valence-electron chi connectivity index (χ3n) is 7.43. The van der Waals surface area contributed by atoms with Crippen molar-refractivity contribution in [3.05, 3.63) is 90.6 Å². The first-order valence-electron chi connectivity index (χ1n) is 13.0. The summed E-state index contributed by atoms with van der Waals surface area (Å²) in [6, 6.07) is 19.3. The van der Waals surface area contributed by atoms with Crippen LogP contribution in [-0.2, 0) is 7.05 Å². The second-order valence-corrected chi connectivity index (χ2v) is 10.0. The first-order valence-corrected chi connectivity index (χ1v) is 13.0. The minimum absolute atomic E-state index is 0.515. The minimum Gasteiger partial charge on any atom is -0.354 e. The third-order valence-corrected chi connectivity index (χ3v) is 7.43. The molecule has 1 unspecified atom stereocenters. The number of aryl methyl sites for hydroxylation is 1. The molecule has 38 heavy (non-hydrogen) atoms. The van der Waals surface area contributed by atoms with Crippen LogP contribution in [0.3, 0.4) is 0 Å². The van der Waals surface area contributed by atoms with Gasteiger partial charge in [0.1, 0.15) is 11.9 Å². The topological polar surface area (TPSA) is 78.3 Å². The first-order chi connectivity index (χ1) is 18.6. The molecule has 1 saturated heterocycles. The monoisotopic (exact) mass is 502 g/mol. The molecule has 8 nitrogen and oxygen atoms in total. The van der Waals surface area contributed by atoms with Crippen LogP contribution < -0.4 is 4.90 Å². The zero-order valence-corrected chi connectivity index (χ0v) is 21.7. The van der Waals surface area contributed by atoms with Crippen molar-refractivity contribution in [2.24, 2.45) is 7.05 Å². The second-order valence-electron chi connectivity index (χ2n) is 10.0. The molecule has 1 aliphatic rings. The predicted molar refractivity (Wildman–Crippen MR) is 149 cm³/mol. The molecular formula is C30H30N8. The number of hydrogen-bond acceptors (Lipinski definition) is 6. The summed E-state index contributed by atoms with van der Waals surface area (Å²) in [4.78, 5) is 9.75. The predicted octanol–water partition coefficient (Wildman–Crippen LogP) is 4.59. The van der Waals surface area contributed by atoms with Crippen molar-refractivity contribution < 1.29 is 0 Å². The van der Waals surface area contributed by atoms with E-state index < -0.39 is 0 Å². The third kappa shape index (κ3) is 4.64. The van der Waals surface area contributed by atoms with Gasteiger partial charge in [0.05, 0.1) is 23.5 Å². The van der Waals surface area contributed by atoms with Crippen molar-refractivity contribution in [2.45, 2.75) is 12.8 Å². The summed E-state index contributed by atoms with van der Waals surface area (Å²) in [5.74, 6) is 1.50. The summed E-state index contributed by atoms with van der Waals surface area (Å²) in [7, 11) is 1.90. The Morgan fingerprint density at radius 1 is 0.895 bits per heavy atom. The number of hydrogen-bond donors (Lipinski definition) is 0. The normalized spacial score (nSPS) is 15.0. The molecule has 0 N–H and O–H groups in total. The van der Waals surface area contributed by atoms with Gasteiger partial charge in [0.25, 0.3) is 0 Å². The van der Waals surface area contributed by atoms with E-state index in [9.17, 15) is 5.26 Å². The van der Waals surface area contributed by atoms with Crippen LogP contribution in [0.4, 0.5) is 5.82 Å². The van der Waals surface area contributed by atoms with Gasteiger partial charge in [-0.05, 0) is 29.7 Å². The fraction of sp³-hybridized carbons (Fsp3) is 0.267. The van der Waals surface area contributed by atoms with Gasteiger partial charge in [-0.25, -0.2) is 9.50 Å². The number of rotatable bonds is 6. The van der Waals surface area contributed by atoms with Gasteiger partial charge in [-0.1, -0.05) is 37.3 Å². The number of aromatic nitrogens is 5. The quantitative estimate of drug-likeness (QED) is 0.338. The van der Waals surface area contributed by atoms with Gasteiger partial charge >= 0.3 is 0 Å². The molecule has 5 aromatic rings. The van der Waals surface area contributed by atoms with Crippen LogP contribution in [0.2, 0.25) is 0 Å². The number of anilines is 1. The fourth-order valence-corrected chi connectivity index (χ4v) is 5.32. The summed E-state index contributed by atoms with van der Waals surface area (Å²) in [6.07, 6.45) is 9.28. The molecule has 0 spiro atoms. The van der Waals surface area contributed by atoms with E-state index in [-0.39, 0.29) is 0 Å². The summed E-state index contributed by atoms with van der Waals surface area (Å²) in [5.41, 5.74) is 6.59. The second kappa shape index (κ2) is 10.1. The summed E-state index contributed by atoms with van der Waals surface area (Å²) < 4.78 is 3.56. The molecule has 1 fully saturated rings. The molecule has 4 aromatic heterocycles. The number of pyridine rings is 2. The lowest BCUT2D eigenvalue weighted by atomic mass is 10.0. The number of piperazine rings is 1. The highest BCUT2D eigenvalue weighted by Crippen LogP contribution is 2.32. The van der Waals surface area contributed by atoms with E-state index in [0.717, 1.165) is 66.3 Å². The fourth-order valence-electron chi connectivity index (χ4n) is 5.32. The lowest BCUT2D eigenvalue weighted by Crippen LogP contribution is -2.47. The minimum atomic E-state index is 0.515. The van der Waals surface area contributed by atoms with E-state index in [1.165, 1.54) is 5.56 Å². The lowest BCUT2D eigenvalue weighted by molar-refractivity contribution is 0.245. The molecule has 1 atom stereocenters. The van der Waals surface area contributed by atoms with Crippen LogP contribution in [0.25, 0.3) is 27.8 Å². The molecule has 0 radical (unpaired) electrons. The SMILES string of the molecule is CC(CN1CCN(c2ccc(-c3cc(-c4cnn(C)c4)cn4ncc(C#N)c34)cn2)CC1)c1ccccc1. The Hall–Kier alpha value is -4.48. The van der Waals surface area contributed by atoms with Gasteiger partial charge in [-0.15, -0.1) is 0 Å². The molecule has 1 aromatic carbocycles. The largest absolute Gasteiger partial charge is 0.354 e. The molecule has 8 heteroatoms. The molecule has 6 rings (SSSR count). The van der Waals surface area contributed by atoms with Crippen LogP contribution in [0, 0.1) is 11.3 Å². The van der Waals surface area contributed by atoms with Crippen LogP contribution >= 0.6 is 0 Å². The Kier molecular flexibility index (Phi) is 6.36. The molecule has 1 aliphatic heterocycles. The zero-order valence-electron chi connectivity index (χ0n) is 21.7. The van der Waals surface area contributed by atoms with Crippen LogP contribution in [0.1, 0.15) is 24.0 Å².